The normalized spacial score (nSPS) is 9.30. The molecule has 4 heteroatoms. The van der Waals surface area contributed by atoms with Crippen molar-refractivity contribution < 1.29 is 4.74 Å². The number of thiazole rings is 1. The van der Waals surface area contributed by atoms with Crippen LogP contribution in [-0.4, -0.2) is 17.5 Å². The molecular formula is C6H8N2OS. The maximum absolute atomic E-state index is 7.29. The summed E-state index contributed by atoms with van der Waals surface area (Å²) in [6.45, 7) is 2.40. The first-order chi connectivity index (χ1) is 4.84. The van der Waals surface area contributed by atoms with Gasteiger partial charge in [-0.15, -0.1) is 11.3 Å². The molecular weight excluding hydrogens is 148 g/mol. The highest BCUT2D eigenvalue weighted by molar-refractivity contribution is 7.11. The van der Waals surface area contributed by atoms with Crippen LogP contribution in [0, 0.1) is 5.41 Å². The lowest BCUT2D eigenvalue weighted by Gasteiger charge is -1.98. The number of nitrogens with one attached hydrogen (secondary N) is 1. The molecule has 1 aromatic heterocycles. The largest absolute Gasteiger partial charge is 0.477 e. The zero-order valence-corrected chi connectivity index (χ0v) is 6.44. The highest BCUT2D eigenvalue weighted by atomic mass is 32.1. The van der Waals surface area contributed by atoms with Gasteiger partial charge in [0.1, 0.15) is 4.88 Å². The maximum Gasteiger partial charge on any atom is 0.225 e. The van der Waals surface area contributed by atoms with Gasteiger partial charge in [0.05, 0.1) is 18.3 Å². The summed E-state index contributed by atoms with van der Waals surface area (Å²) in [6.07, 6.45) is 1.63. The Morgan fingerprint density at radius 1 is 1.90 bits per heavy atom. The van der Waals surface area contributed by atoms with Crippen molar-refractivity contribution in [1.29, 1.82) is 5.41 Å². The molecule has 1 N–H and O–H groups in total. The van der Waals surface area contributed by atoms with Crippen molar-refractivity contribution in [2.75, 3.05) is 6.61 Å². The van der Waals surface area contributed by atoms with Crippen molar-refractivity contribution in [3.8, 4) is 0 Å². The zero-order chi connectivity index (χ0) is 7.40. The Bertz CT molecular complexity index is 208. The second-order valence-corrected chi connectivity index (χ2v) is 2.51. The highest BCUT2D eigenvalue weighted by Crippen LogP contribution is 2.06. The van der Waals surface area contributed by atoms with E-state index in [1.807, 2.05) is 6.92 Å². The average Bonchev–Trinajstić information content (AvgIpc) is 2.38. The SMILES string of the molecule is CCOC(=N)c1cncs1. The van der Waals surface area contributed by atoms with Crippen molar-refractivity contribution in [2.24, 2.45) is 0 Å². The third-order valence-electron chi connectivity index (χ3n) is 0.945. The predicted molar refractivity (Wildman–Crippen MR) is 40.6 cm³/mol. The fourth-order valence-corrected chi connectivity index (χ4v) is 1.07. The monoisotopic (exact) mass is 156 g/mol. The fraction of sp³-hybridized carbons (Fsp3) is 0.333. The van der Waals surface area contributed by atoms with Crippen LogP contribution in [0.15, 0.2) is 11.7 Å². The Hall–Kier alpha value is -0.900. The van der Waals surface area contributed by atoms with Crippen molar-refractivity contribution in [3.05, 3.63) is 16.6 Å². The van der Waals surface area contributed by atoms with Crippen LogP contribution in [0.2, 0.25) is 0 Å². The molecule has 0 radical (unpaired) electrons. The van der Waals surface area contributed by atoms with Gasteiger partial charge in [-0.05, 0) is 6.92 Å². The fourth-order valence-electron chi connectivity index (χ4n) is 0.543. The molecule has 3 nitrogen and oxygen atoms in total. The van der Waals surface area contributed by atoms with Crippen LogP contribution in [0.4, 0.5) is 0 Å². The van der Waals surface area contributed by atoms with E-state index in [1.54, 1.807) is 11.7 Å². The lowest BCUT2D eigenvalue weighted by Crippen LogP contribution is -2.01. The molecule has 0 spiro atoms. The lowest BCUT2D eigenvalue weighted by atomic mass is 10.5. The smallest absolute Gasteiger partial charge is 0.225 e. The molecule has 0 aliphatic rings. The van der Waals surface area contributed by atoms with Crippen LogP contribution in [0.3, 0.4) is 0 Å². The third-order valence-corrected chi connectivity index (χ3v) is 1.72. The number of nitrogens with zero attached hydrogens (tertiary/aromatic N) is 1. The number of aromatic nitrogens is 1. The first-order valence-corrected chi connectivity index (χ1v) is 3.82. The summed E-state index contributed by atoms with van der Waals surface area (Å²) in [6, 6.07) is 0. The summed E-state index contributed by atoms with van der Waals surface area (Å²) in [5.41, 5.74) is 1.68. The van der Waals surface area contributed by atoms with Gasteiger partial charge in [-0.3, -0.25) is 10.4 Å². The molecule has 10 heavy (non-hydrogen) atoms. The Morgan fingerprint density at radius 3 is 3.20 bits per heavy atom. The number of rotatable bonds is 2. The van der Waals surface area contributed by atoms with Crippen molar-refractivity contribution in [2.45, 2.75) is 6.92 Å². The van der Waals surface area contributed by atoms with E-state index in [2.05, 4.69) is 4.98 Å². The average molecular weight is 156 g/mol. The molecule has 0 atom stereocenters. The molecule has 0 amide bonds. The number of hydrogen-bond acceptors (Lipinski definition) is 4. The molecule has 54 valence electrons. The molecule has 0 aliphatic carbocycles. The molecule has 0 saturated carbocycles. The van der Waals surface area contributed by atoms with Gasteiger partial charge < -0.3 is 4.74 Å². The summed E-state index contributed by atoms with van der Waals surface area (Å²) in [4.78, 5) is 4.60. The molecule has 0 aliphatic heterocycles. The van der Waals surface area contributed by atoms with E-state index in [9.17, 15) is 0 Å². The van der Waals surface area contributed by atoms with Crippen molar-refractivity contribution in [1.82, 2.24) is 4.98 Å². The third kappa shape index (κ3) is 1.54. The van der Waals surface area contributed by atoms with Gasteiger partial charge in [0.15, 0.2) is 0 Å². The van der Waals surface area contributed by atoms with E-state index in [0.29, 0.717) is 6.61 Å². The van der Waals surface area contributed by atoms with Crippen LogP contribution in [0.5, 0.6) is 0 Å². The second kappa shape index (κ2) is 3.31. The summed E-state index contributed by atoms with van der Waals surface area (Å²) in [7, 11) is 0. The lowest BCUT2D eigenvalue weighted by molar-refractivity contribution is 0.326. The van der Waals surface area contributed by atoms with Crippen LogP contribution in [0.25, 0.3) is 0 Å². The number of hydrogen-bond donors (Lipinski definition) is 1. The minimum Gasteiger partial charge on any atom is -0.477 e. The minimum atomic E-state index is 0.213. The Labute approximate surface area is 63.2 Å². The molecule has 0 saturated heterocycles. The van der Waals surface area contributed by atoms with Gasteiger partial charge in [-0.25, -0.2) is 0 Å². The van der Waals surface area contributed by atoms with E-state index in [-0.39, 0.29) is 5.90 Å². The molecule has 0 aromatic carbocycles. The summed E-state index contributed by atoms with van der Waals surface area (Å²) < 4.78 is 4.94. The van der Waals surface area contributed by atoms with Crippen LogP contribution >= 0.6 is 11.3 Å². The van der Waals surface area contributed by atoms with Crippen LogP contribution in [-0.2, 0) is 4.74 Å². The zero-order valence-electron chi connectivity index (χ0n) is 5.63. The topological polar surface area (TPSA) is 46.0 Å². The standard InChI is InChI=1S/C6H8N2OS/c1-2-9-6(7)5-3-8-4-10-5/h3-4,7H,2H2,1H3. The number of ether oxygens (including phenoxy) is 1. The van der Waals surface area contributed by atoms with Crippen molar-refractivity contribution in [3.63, 3.8) is 0 Å². The predicted octanol–water partition coefficient (Wildman–Crippen LogP) is 1.50. The Kier molecular flexibility index (Phi) is 2.39. The van der Waals surface area contributed by atoms with E-state index in [1.165, 1.54) is 11.3 Å². The van der Waals surface area contributed by atoms with Gasteiger partial charge in [0.2, 0.25) is 5.90 Å². The molecule has 1 aromatic rings. The maximum atomic E-state index is 7.29. The van der Waals surface area contributed by atoms with Crippen molar-refractivity contribution >= 4 is 17.2 Å². The summed E-state index contributed by atoms with van der Waals surface area (Å²) in [5, 5.41) is 7.29. The molecule has 1 heterocycles. The molecule has 0 unspecified atom stereocenters. The minimum absolute atomic E-state index is 0.213. The molecule has 0 fully saturated rings. The molecule has 0 bridgehead atoms. The first kappa shape index (κ1) is 7.21. The summed E-state index contributed by atoms with van der Waals surface area (Å²) >= 11 is 1.41. The van der Waals surface area contributed by atoms with Crippen LogP contribution in [0.1, 0.15) is 11.8 Å². The van der Waals surface area contributed by atoms with Crippen LogP contribution < -0.4 is 0 Å². The first-order valence-electron chi connectivity index (χ1n) is 2.94. The highest BCUT2D eigenvalue weighted by Gasteiger charge is 2.01. The Morgan fingerprint density at radius 2 is 2.70 bits per heavy atom. The van der Waals surface area contributed by atoms with E-state index in [4.69, 9.17) is 10.1 Å². The van der Waals surface area contributed by atoms with E-state index in [0.717, 1.165) is 4.88 Å². The van der Waals surface area contributed by atoms with E-state index < -0.39 is 0 Å². The Balaban J connectivity index is 2.59. The van der Waals surface area contributed by atoms with Gasteiger partial charge in [0.25, 0.3) is 0 Å². The quantitative estimate of drug-likeness (QED) is 0.521. The van der Waals surface area contributed by atoms with Gasteiger partial charge in [-0.2, -0.15) is 0 Å². The molecule has 1 rings (SSSR count). The second-order valence-electron chi connectivity index (χ2n) is 1.63. The van der Waals surface area contributed by atoms with Gasteiger partial charge >= 0.3 is 0 Å². The summed E-state index contributed by atoms with van der Waals surface area (Å²) in [5.74, 6) is 0.213. The van der Waals surface area contributed by atoms with E-state index >= 15 is 0 Å². The van der Waals surface area contributed by atoms with Gasteiger partial charge in [-0.1, -0.05) is 0 Å². The van der Waals surface area contributed by atoms with Gasteiger partial charge in [0, 0.05) is 0 Å².